The van der Waals surface area contributed by atoms with Crippen LogP contribution < -0.4 is 5.32 Å². The number of hydrogen-bond acceptors (Lipinski definition) is 4. The van der Waals surface area contributed by atoms with Crippen LogP contribution in [0.25, 0.3) is 0 Å². The van der Waals surface area contributed by atoms with Gasteiger partial charge < -0.3 is 15.2 Å². The molecule has 0 saturated carbocycles. The number of aliphatic hydroxyl groups is 1. The molecule has 120 valence electrons. The summed E-state index contributed by atoms with van der Waals surface area (Å²) in [6.07, 6.45) is 11.0. The highest BCUT2D eigenvalue weighted by Gasteiger charge is 2.27. The second-order valence-corrected chi connectivity index (χ2v) is 7.14. The van der Waals surface area contributed by atoms with E-state index in [2.05, 4.69) is 18.3 Å². The van der Waals surface area contributed by atoms with E-state index in [0.29, 0.717) is 6.04 Å². The smallest absolute Gasteiger partial charge is 0.128 e. The molecule has 0 amide bonds. The largest absolute Gasteiger partial charge is 0.496 e. The molecule has 1 saturated heterocycles. The highest BCUT2D eigenvalue weighted by Crippen LogP contribution is 2.34. The van der Waals surface area contributed by atoms with Crippen LogP contribution in [0.4, 0.5) is 0 Å². The van der Waals surface area contributed by atoms with Crippen molar-refractivity contribution in [2.24, 2.45) is 5.92 Å². The van der Waals surface area contributed by atoms with Crippen molar-refractivity contribution in [1.82, 2.24) is 5.32 Å². The summed E-state index contributed by atoms with van der Waals surface area (Å²) in [4.78, 5) is 1.11. The molecule has 4 heteroatoms. The van der Waals surface area contributed by atoms with Gasteiger partial charge in [0.15, 0.2) is 0 Å². The van der Waals surface area contributed by atoms with E-state index in [1.165, 1.54) is 32.1 Å². The standard InChI is InChI=1S/C17H29NO2S/c1-3-4-5-9-21-17-12-15(19)13(11-16(17)20-2)10-14-7-6-8-18-14/h11-15,18-19H,3-10H2,1-2H3. The number of nitrogens with one attached hydrogen (secondary N) is 1. The summed E-state index contributed by atoms with van der Waals surface area (Å²) in [6, 6.07) is 0.547. The number of aliphatic hydroxyl groups excluding tert-OH is 1. The van der Waals surface area contributed by atoms with E-state index in [0.717, 1.165) is 29.4 Å². The number of rotatable bonds is 8. The Morgan fingerprint density at radius 1 is 1.38 bits per heavy atom. The fourth-order valence-electron chi connectivity index (χ4n) is 3.05. The van der Waals surface area contributed by atoms with E-state index in [4.69, 9.17) is 4.74 Å². The van der Waals surface area contributed by atoms with Crippen molar-refractivity contribution in [1.29, 1.82) is 0 Å². The molecule has 2 rings (SSSR count). The van der Waals surface area contributed by atoms with Crippen LogP contribution in [-0.2, 0) is 4.74 Å². The van der Waals surface area contributed by atoms with E-state index in [1.807, 2.05) is 17.8 Å². The van der Waals surface area contributed by atoms with Gasteiger partial charge in [0.2, 0.25) is 0 Å². The average Bonchev–Trinajstić information content (AvgIpc) is 2.99. The summed E-state index contributed by atoms with van der Waals surface area (Å²) >= 11 is 1.81. The van der Waals surface area contributed by atoms with Crippen LogP contribution in [-0.4, -0.2) is 36.7 Å². The van der Waals surface area contributed by atoms with Crippen molar-refractivity contribution < 1.29 is 9.84 Å². The molecule has 3 nitrogen and oxygen atoms in total. The molecule has 1 fully saturated rings. The first-order valence-electron chi connectivity index (χ1n) is 8.26. The molecular weight excluding hydrogens is 282 g/mol. The highest BCUT2D eigenvalue weighted by molar-refractivity contribution is 8.03. The first-order valence-corrected chi connectivity index (χ1v) is 9.25. The van der Waals surface area contributed by atoms with Crippen LogP contribution in [0.5, 0.6) is 0 Å². The topological polar surface area (TPSA) is 41.5 Å². The zero-order valence-corrected chi connectivity index (χ0v) is 14.1. The number of hydrogen-bond donors (Lipinski definition) is 2. The molecule has 2 N–H and O–H groups in total. The lowest BCUT2D eigenvalue weighted by Crippen LogP contribution is -2.30. The summed E-state index contributed by atoms with van der Waals surface area (Å²) in [5.74, 6) is 2.22. The Morgan fingerprint density at radius 3 is 2.90 bits per heavy atom. The first-order chi connectivity index (χ1) is 10.2. The minimum Gasteiger partial charge on any atom is -0.496 e. The van der Waals surface area contributed by atoms with Crippen LogP contribution in [0, 0.1) is 5.92 Å². The van der Waals surface area contributed by atoms with E-state index >= 15 is 0 Å². The quantitative estimate of drug-likeness (QED) is 0.674. The Kier molecular flexibility index (Phi) is 7.14. The van der Waals surface area contributed by atoms with Gasteiger partial charge in [-0.1, -0.05) is 19.8 Å². The maximum Gasteiger partial charge on any atom is 0.128 e. The fraction of sp³-hybridized carbons (Fsp3) is 0.765. The van der Waals surface area contributed by atoms with Gasteiger partial charge in [0.05, 0.1) is 13.2 Å². The SMILES string of the molecule is CCCCCSC1=CC(O)C(CC2CCCN2)C=C1OC. The molecule has 0 aromatic rings. The fourth-order valence-corrected chi connectivity index (χ4v) is 4.15. The van der Waals surface area contributed by atoms with E-state index in [9.17, 15) is 5.11 Å². The van der Waals surface area contributed by atoms with Gasteiger partial charge in [-0.15, -0.1) is 11.8 Å². The van der Waals surface area contributed by atoms with E-state index < -0.39 is 0 Å². The van der Waals surface area contributed by atoms with Crippen LogP contribution in [0.1, 0.15) is 45.4 Å². The average molecular weight is 311 g/mol. The third-order valence-electron chi connectivity index (χ3n) is 4.31. The lowest BCUT2D eigenvalue weighted by atomic mass is 9.89. The molecule has 0 bridgehead atoms. The predicted octanol–water partition coefficient (Wildman–Crippen LogP) is 3.46. The Hall–Kier alpha value is -0.450. The van der Waals surface area contributed by atoms with Gasteiger partial charge >= 0.3 is 0 Å². The summed E-state index contributed by atoms with van der Waals surface area (Å²) in [5, 5.41) is 13.9. The third-order valence-corrected chi connectivity index (χ3v) is 5.45. The van der Waals surface area contributed by atoms with Gasteiger partial charge in [-0.2, -0.15) is 0 Å². The van der Waals surface area contributed by atoms with Crippen LogP contribution in [0.3, 0.4) is 0 Å². The van der Waals surface area contributed by atoms with Crippen LogP contribution in [0.15, 0.2) is 22.8 Å². The van der Waals surface area contributed by atoms with Crippen molar-refractivity contribution in [2.75, 3.05) is 19.4 Å². The van der Waals surface area contributed by atoms with Gasteiger partial charge in [-0.3, -0.25) is 0 Å². The predicted molar refractivity (Wildman–Crippen MR) is 90.3 cm³/mol. The molecule has 2 aliphatic rings. The Balaban J connectivity index is 1.90. The molecular formula is C17H29NO2S. The van der Waals surface area contributed by atoms with Crippen LogP contribution >= 0.6 is 11.8 Å². The van der Waals surface area contributed by atoms with Crippen molar-refractivity contribution in [2.45, 2.75) is 57.6 Å². The summed E-state index contributed by atoms with van der Waals surface area (Å²) in [5.41, 5.74) is 0. The second kappa shape index (κ2) is 8.86. The monoisotopic (exact) mass is 311 g/mol. The maximum atomic E-state index is 10.4. The normalized spacial score (nSPS) is 29.2. The Labute approximate surface area is 133 Å². The molecule has 0 aromatic carbocycles. The van der Waals surface area contributed by atoms with Gasteiger partial charge in [-0.05, 0) is 50.1 Å². The Morgan fingerprint density at radius 2 is 2.24 bits per heavy atom. The third kappa shape index (κ3) is 5.04. The lowest BCUT2D eigenvalue weighted by molar-refractivity contribution is 0.156. The first kappa shape index (κ1) is 16.9. The lowest BCUT2D eigenvalue weighted by Gasteiger charge is -2.27. The van der Waals surface area contributed by atoms with Gasteiger partial charge in [0.1, 0.15) is 5.76 Å². The van der Waals surface area contributed by atoms with Crippen molar-refractivity contribution in [3.63, 3.8) is 0 Å². The molecule has 0 aromatic heterocycles. The summed E-state index contributed by atoms with van der Waals surface area (Å²) in [6.45, 7) is 3.33. The molecule has 1 heterocycles. The summed E-state index contributed by atoms with van der Waals surface area (Å²) in [7, 11) is 1.73. The number of unbranched alkanes of at least 4 members (excludes halogenated alkanes) is 2. The minimum absolute atomic E-state index is 0.176. The number of thioether (sulfide) groups is 1. The molecule has 1 aliphatic carbocycles. The van der Waals surface area contributed by atoms with E-state index in [-0.39, 0.29) is 12.0 Å². The maximum absolute atomic E-state index is 10.4. The molecule has 0 radical (unpaired) electrons. The molecule has 21 heavy (non-hydrogen) atoms. The molecule has 3 unspecified atom stereocenters. The number of methoxy groups -OCH3 is 1. The van der Waals surface area contributed by atoms with Gasteiger partial charge in [0, 0.05) is 16.9 Å². The van der Waals surface area contributed by atoms with Crippen molar-refractivity contribution in [3.8, 4) is 0 Å². The minimum atomic E-state index is -0.375. The Bertz CT molecular complexity index is 375. The van der Waals surface area contributed by atoms with E-state index in [1.54, 1.807) is 7.11 Å². The number of ether oxygens (including phenoxy) is 1. The zero-order valence-electron chi connectivity index (χ0n) is 13.3. The van der Waals surface area contributed by atoms with Crippen molar-refractivity contribution >= 4 is 11.8 Å². The molecule has 3 atom stereocenters. The van der Waals surface area contributed by atoms with Gasteiger partial charge in [-0.25, -0.2) is 0 Å². The molecule has 1 aliphatic heterocycles. The zero-order chi connectivity index (χ0) is 15.1. The highest BCUT2D eigenvalue weighted by atomic mass is 32.2. The second-order valence-electron chi connectivity index (χ2n) is 6.00. The van der Waals surface area contributed by atoms with Crippen molar-refractivity contribution in [3.05, 3.63) is 22.8 Å². The van der Waals surface area contributed by atoms with Gasteiger partial charge in [0.25, 0.3) is 0 Å². The molecule has 0 spiro atoms. The summed E-state index contributed by atoms with van der Waals surface area (Å²) < 4.78 is 5.54. The van der Waals surface area contributed by atoms with Crippen LogP contribution in [0.2, 0.25) is 0 Å².